The van der Waals surface area contributed by atoms with Crippen molar-refractivity contribution in [1.29, 1.82) is 0 Å². The molecule has 12 fully saturated rings. The van der Waals surface area contributed by atoms with E-state index in [-0.39, 0.29) is 65.1 Å². The third-order valence-corrected chi connectivity index (χ3v) is 19.5. The highest BCUT2D eigenvalue weighted by Gasteiger charge is 3.22. The second-order valence-electron chi connectivity index (χ2n) is 15.2. The van der Waals surface area contributed by atoms with Crippen molar-refractivity contribution in [2.24, 2.45) is 81.8 Å². The molecule has 0 aliphatic heterocycles. The van der Waals surface area contributed by atoms with E-state index in [2.05, 4.69) is 31.9 Å². The third kappa shape index (κ3) is 1.34. The van der Waals surface area contributed by atoms with Crippen LogP contribution in [-0.2, 0) is 47.6 Å². The quantitative estimate of drug-likeness (QED) is 0.228. The van der Waals surface area contributed by atoms with E-state index in [4.69, 9.17) is 28.4 Å². The van der Waals surface area contributed by atoms with Crippen LogP contribution >= 0.6 is 31.9 Å². The van der Waals surface area contributed by atoms with E-state index in [0.29, 0.717) is 0 Å². The number of halogens is 2. The maximum Gasteiger partial charge on any atom is 0.315 e. The smallest absolute Gasteiger partial charge is 0.315 e. The summed E-state index contributed by atoms with van der Waals surface area (Å²) in [5.74, 6) is -5.06. The summed E-state index contributed by atoms with van der Waals surface area (Å²) in [5, 5.41) is 0. The molecule has 4 unspecified atom stereocenters. The first-order chi connectivity index (χ1) is 19.9. The molecule has 12 aliphatic carbocycles. The van der Waals surface area contributed by atoms with Crippen LogP contribution in [0.5, 0.6) is 0 Å². The number of hydrogen-bond acceptors (Lipinski definition) is 10. The molecule has 42 heavy (non-hydrogen) atoms. The van der Waals surface area contributed by atoms with E-state index >= 15 is 0 Å². The molecule has 12 heteroatoms. The summed E-state index contributed by atoms with van der Waals surface area (Å²) in [6.07, 6.45) is 0. The average molecular weight is 710 g/mol. The molecule has 12 saturated carbocycles. The van der Waals surface area contributed by atoms with Crippen molar-refractivity contribution in [3.8, 4) is 0 Å². The molecule has 20 atom stereocenters. The molecule has 0 amide bonds. The molecule has 0 heterocycles. The van der Waals surface area contributed by atoms with Crippen molar-refractivity contribution >= 4 is 55.7 Å². The largest absolute Gasteiger partial charge is 0.468 e. The molecular weight excluding hydrogens is 680 g/mol. The summed E-state index contributed by atoms with van der Waals surface area (Å²) < 4.78 is 37.1. The maximum atomic E-state index is 14.8. The van der Waals surface area contributed by atoms with Gasteiger partial charge in [0.25, 0.3) is 0 Å². The second kappa shape index (κ2) is 5.88. The van der Waals surface area contributed by atoms with Crippen molar-refractivity contribution in [1.82, 2.24) is 0 Å². The molecule has 0 saturated heterocycles. The van der Waals surface area contributed by atoms with Crippen LogP contribution in [-0.4, -0.2) is 83.4 Å². The molecule has 0 aromatic rings. The fourth-order valence-electron chi connectivity index (χ4n) is 18.1. The lowest BCUT2D eigenvalue weighted by molar-refractivity contribution is -0.201. The van der Waals surface area contributed by atoms with Gasteiger partial charge in [-0.05, 0) is 23.7 Å². The maximum absolute atomic E-state index is 14.8. The molecule has 0 N–H and O–H groups in total. The van der Waals surface area contributed by atoms with Crippen molar-refractivity contribution in [2.45, 2.75) is 44.9 Å². The zero-order valence-electron chi connectivity index (χ0n) is 23.8. The lowest BCUT2D eigenvalue weighted by Gasteiger charge is -2.49. The highest BCUT2D eigenvalue weighted by molar-refractivity contribution is 9.10. The van der Waals surface area contributed by atoms with Crippen molar-refractivity contribution in [3.05, 3.63) is 0 Å². The highest BCUT2D eigenvalue weighted by Crippen LogP contribution is 3.12. The van der Waals surface area contributed by atoms with Gasteiger partial charge >= 0.3 is 23.9 Å². The number of ether oxygens (including phenoxy) is 6. The van der Waals surface area contributed by atoms with Gasteiger partial charge in [-0.15, -0.1) is 0 Å². The first-order valence-electron chi connectivity index (χ1n) is 14.9. The predicted octanol–water partition coefficient (Wildman–Crippen LogP) is 1.49. The zero-order chi connectivity index (χ0) is 29.5. The van der Waals surface area contributed by atoms with Gasteiger partial charge in [0.15, 0.2) is 0 Å². The summed E-state index contributed by atoms with van der Waals surface area (Å²) in [4.78, 5) is 56.0. The number of hydrogen-bond donors (Lipinski definition) is 0. The van der Waals surface area contributed by atoms with Gasteiger partial charge in [0.05, 0.1) is 34.1 Å². The molecule has 10 nitrogen and oxygen atoms in total. The Morgan fingerprint density at radius 3 is 1.17 bits per heavy atom. The molecule has 0 aromatic heterocycles. The van der Waals surface area contributed by atoms with Crippen molar-refractivity contribution < 1.29 is 47.6 Å². The fraction of sp³-hybridized carbons (Fsp3) is 0.867. The Balaban J connectivity index is 1.40. The Labute approximate surface area is 257 Å². The predicted molar refractivity (Wildman–Crippen MR) is 143 cm³/mol. The van der Waals surface area contributed by atoms with E-state index in [1.54, 1.807) is 14.2 Å². The van der Waals surface area contributed by atoms with Crippen molar-refractivity contribution in [2.75, 3.05) is 28.4 Å². The third-order valence-electron chi connectivity index (χ3n) is 16.3. The number of alkyl halides is 2. The topological polar surface area (TPSA) is 124 Å². The SMILES string of the molecule is COC(=O)C12[C@H]3[C@H]4[C@H]5[C@@H]6C7(C(=O)OC)[C@H]4[C@@]4(OC(C)=O)[C@@H]8[C@@H]9[C@@H]%10[C@H](C1(OC)[C@H]9[C@@]34Br)[C@](Br)([C@@H]52)[C@@]6(OC(C)=O)[C@@H]%10C87OC. The standard InChI is InChI=1S/C30H30Br2O10/c1-7(33)41-29-15-9-10-14-23(21(35)37-3)13(9)25(29,31)17-11-12-18(27(17,23)39-5)26(14,32)30(42-8(2)34)16(10)24(15,22(36)38-4)28(40-6,19(11)29)20(12)30/h9-20H,1-6H3/t9-,10-,11-,12-,13-,14+,15+,16-,17-,18+,19-,20+,23?,24?,25+,26-,27?,28?,29-,30+/m1/s1. The van der Waals surface area contributed by atoms with Crippen LogP contribution in [0.3, 0.4) is 0 Å². The van der Waals surface area contributed by atoms with Gasteiger partial charge in [-0.25, -0.2) is 0 Å². The van der Waals surface area contributed by atoms with E-state index in [1.807, 2.05) is 0 Å². The van der Waals surface area contributed by atoms with Gasteiger partial charge in [0.2, 0.25) is 0 Å². The van der Waals surface area contributed by atoms with Crippen LogP contribution in [0.25, 0.3) is 0 Å². The van der Waals surface area contributed by atoms with Crippen LogP contribution < -0.4 is 0 Å². The van der Waals surface area contributed by atoms with Gasteiger partial charge in [0, 0.05) is 75.4 Å². The first kappa shape index (κ1) is 25.0. The zero-order valence-corrected chi connectivity index (χ0v) is 26.9. The molecular formula is C30H30Br2O10. The van der Waals surface area contributed by atoms with E-state index < -0.39 is 71.6 Å². The second-order valence-corrected chi connectivity index (χ2v) is 17.8. The summed E-state index contributed by atoms with van der Waals surface area (Å²) in [6.45, 7) is 2.85. The number of carbonyl (C=O) groups excluding carboxylic acids is 4. The molecule has 224 valence electrons. The molecule has 0 radical (unpaired) electrons. The number of rotatable bonds is 6. The van der Waals surface area contributed by atoms with E-state index in [9.17, 15) is 19.2 Å². The molecule has 0 bridgehead atoms. The number of methoxy groups -OCH3 is 4. The number of carbonyl (C=O) groups is 4. The summed E-state index contributed by atoms with van der Waals surface area (Å²) >= 11 is 8.71. The normalized spacial score (nSPS) is 71.2. The Hall–Kier alpha value is -1.24. The minimum absolute atomic E-state index is 0.117. The highest BCUT2D eigenvalue weighted by atomic mass is 79.9. The van der Waals surface area contributed by atoms with Gasteiger partial charge in [-0.3, -0.25) is 19.2 Å². The number of esters is 4. The van der Waals surface area contributed by atoms with Gasteiger partial charge in [-0.2, -0.15) is 0 Å². The minimum Gasteiger partial charge on any atom is -0.468 e. The monoisotopic (exact) mass is 708 g/mol. The van der Waals surface area contributed by atoms with Crippen LogP contribution in [0, 0.1) is 81.8 Å². The summed E-state index contributed by atoms with van der Waals surface area (Å²) in [5.41, 5.74) is -6.66. The Morgan fingerprint density at radius 1 is 0.500 bits per heavy atom. The van der Waals surface area contributed by atoms with Gasteiger partial charge in [0.1, 0.15) is 22.0 Å². The van der Waals surface area contributed by atoms with Gasteiger partial charge < -0.3 is 28.4 Å². The Bertz CT molecular complexity index is 1500. The van der Waals surface area contributed by atoms with Crippen molar-refractivity contribution in [3.63, 3.8) is 0 Å². The van der Waals surface area contributed by atoms with Crippen LogP contribution in [0.4, 0.5) is 0 Å². The minimum atomic E-state index is -1.23. The summed E-state index contributed by atoms with van der Waals surface area (Å²) in [6, 6.07) is 0. The lowest BCUT2D eigenvalue weighted by Crippen LogP contribution is -2.63. The Morgan fingerprint density at radius 2 is 0.833 bits per heavy atom. The molecule has 12 rings (SSSR count). The molecule has 12 aliphatic rings. The lowest BCUT2D eigenvalue weighted by atomic mass is 9.59. The molecule has 0 aromatic carbocycles. The van der Waals surface area contributed by atoms with Crippen LogP contribution in [0.15, 0.2) is 0 Å². The first-order valence-corrected chi connectivity index (χ1v) is 16.5. The Kier molecular flexibility index (Phi) is 3.50. The summed E-state index contributed by atoms with van der Waals surface area (Å²) in [7, 11) is 6.22. The molecule has 0 spiro atoms. The van der Waals surface area contributed by atoms with E-state index in [0.717, 1.165) is 0 Å². The van der Waals surface area contributed by atoms with E-state index in [1.165, 1.54) is 28.1 Å². The van der Waals surface area contributed by atoms with Gasteiger partial charge in [-0.1, -0.05) is 31.9 Å². The van der Waals surface area contributed by atoms with Crippen LogP contribution in [0.1, 0.15) is 13.8 Å². The van der Waals surface area contributed by atoms with Crippen LogP contribution in [0.2, 0.25) is 0 Å². The fourth-order valence-corrected chi connectivity index (χ4v) is 21.9. The average Bonchev–Trinajstić information content (AvgIpc) is 3.77.